The lowest BCUT2D eigenvalue weighted by atomic mass is 9.97. The van der Waals surface area contributed by atoms with Gasteiger partial charge in [-0.05, 0) is 30.7 Å². The first-order valence-electron chi connectivity index (χ1n) is 8.95. The molecule has 144 valence electrons. The molecule has 3 amide bonds. The number of carbonyl (C=O) groups is 3. The highest BCUT2D eigenvalue weighted by Gasteiger charge is 2.32. The third kappa shape index (κ3) is 4.73. The van der Waals surface area contributed by atoms with E-state index in [9.17, 15) is 14.4 Å². The van der Waals surface area contributed by atoms with E-state index in [1.54, 1.807) is 27.9 Å². The molecule has 2 N–H and O–H groups in total. The van der Waals surface area contributed by atoms with E-state index in [1.807, 2.05) is 18.6 Å². The second-order valence-electron chi connectivity index (χ2n) is 6.45. The fourth-order valence-electron chi connectivity index (χ4n) is 3.19. The zero-order valence-electron chi connectivity index (χ0n) is 15.2. The lowest BCUT2D eigenvalue weighted by Gasteiger charge is -2.34. The highest BCUT2D eigenvalue weighted by atomic mass is 32.1. The van der Waals surface area contributed by atoms with Gasteiger partial charge < -0.3 is 15.5 Å². The number of thiophene rings is 1. The van der Waals surface area contributed by atoms with Gasteiger partial charge in [-0.25, -0.2) is 0 Å². The Kier molecular flexibility index (Phi) is 6.23. The number of nitrogens with one attached hydrogen (secondary N) is 2. The zero-order valence-corrected chi connectivity index (χ0v) is 16.0. The summed E-state index contributed by atoms with van der Waals surface area (Å²) in [5, 5.41) is 11.3. The molecule has 0 saturated carbocycles. The fourth-order valence-corrected chi connectivity index (χ4v) is 3.83. The standard InChI is InChI=1S/C18H23N5O3S/c1-22-12-13(11-21-22)14-5-2-3-9-23(14)18(26)17(25)20-8-7-19-16(24)15-6-4-10-27-15/h4,6,10-12,14H,2-3,5,7-9H2,1H3,(H,19,24)(H,20,25). The lowest BCUT2D eigenvalue weighted by Crippen LogP contribution is -2.47. The SMILES string of the molecule is Cn1cc(C2CCCCN2C(=O)C(=O)NCCNC(=O)c2cccs2)cn1. The third-order valence-electron chi connectivity index (χ3n) is 4.51. The predicted molar refractivity (Wildman–Crippen MR) is 101 cm³/mol. The molecule has 1 aliphatic rings. The Bertz CT molecular complexity index is 802. The molecule has 27 heavy (non-hydrogen) atoms. The highest BCUT2D eigenvalue weighted by Crippen LogP contribution is 2.30. The molecule has 3 rings (SSSR count). The number of rotatable bonds is 5. The van der Waals surface area contributed by atoms with Gasteiger partial charge in [0.25, 0.3) is 5.91 Å². The molecule has 0 spiro atoms. The van der Waals surface area contributed by atoms with Gasteiger partial charge >= 0.3 is 11.8 Å². The van der Waals surface area contributed by atoms with Gasteiger partial charge in [-0.15, -0.1) is 11.3 Å². The molecular weight excluding hydrogens is 366 g/mol. The van der Waals surface area contributed by atoms with Gasteiger partial charge in [0.15, 0.2) is 0 Å². The zero-order chi connectivity index (χ0) is 19.2. The number of piperidine rings is 1. The number of hydrogen-bond acceptors (Lipinski definition) is 5. The van der Waals surface area contributed by atoms with Crippen molar-refractivity contribution < 1.29 is 14.4 Å². The molecular formula is C18H23N5O3S. The van der Waals surface area contributed by atoms with Crippen molar-refractivity contribution in [1.29, 1.82) is 0 Å². The molecule has 0 radical (unpaired) electrons. The predicted octanol–water partition coefficient (Wildman–Crippen LogP) is 1.08. The van der Waals surface area contributed by atoms with Crippen molar-refractivity contribution in [2.45, 2.75) is 25.3 Å². The van der Waals surface area contributed by atoms with Gasteiger partial charge in [-0.1, -0.05) is 6.07 Å². The highest BCUT2D eigenvalue weighted by molar-refractivity contribution is 7.12. The van der Waals surface area contributed by atoms with Gasteiger partial charge in [0.1, 0.15) is 0 Å². The molecule has 1 atom stereocenters. The average Bonchev–Trinajstić information content (AvgIpc) is 3.36. The van der Waals surface area contributed by atoms with Crippen LogP contribution in [0.25, 0.3) is 0 Å². The first-order chi connectivity index (χ1) is 13.1. The molecule has 2 aromatic rings. The Morgan fingerprint density at radius 2 is 2.07 bits per heavy atom. The maximum atomic E-state index is 12.6. The number of amides is 3. The monoisotopic (exact) mass is 389 g/mol. The number of aryl methyl sites for hydroxylation is 1. The van der Waals surface area contributed by atoms with Crippen LogP contribution >= 0.6 is 11.3 Å². The van der Waals surface area contributed by atoms with E-state index in [0.29, 0.717) is 11.4 Å². The molecule has 0 aliphatic carbocycles. The minimum absolute atomic E-state index is 0.121. The van der Waals surface area contributed by atoms with Crippen molar-refractivity contribution in [2.75, 3.05) is 19.6 Å². The quantitative estimate of drug-likeness (QED) is 0.591. The Labute approximate surface area is 161 Å². The van der Waals surface area contributed by atoms with Crippen LogP contribution in [0, 0.1) is 0 Å². The summed E-state index contributed by atoms with van der Waals surface area (Å²) in [7, 11) is 1.83. The second kappa shape index (κ2) is 8.81. The topological polar surface area (TPSA) is 96.3 Å². The minimum atomic E-state index is -0.642. The van der Waals surface area contributed by atoms with E-state index in [-0.39, 0.29) is 25.0 Å². The summed E-state index contributed by atoms with van der Waals surface area (Å²) >= 11 is 1.35. The lowest BCUT2D eigenvalue weighted by molar-refractivity contribution is -0.148. The first kappa shape index (κ1) is 19.1. The Balaban J connectivity index is 1.49. The van der Waals surface area contributed by atoms with Gasteiger partial charge in [0.2, 0.25) is 0 Å². The van der Waals surface area contributed by atoms with E-state index < -0.39 is 11.8 Å². The average molecular weight is 389 g/mol. The van der Waals surface area contributed by atoms with Crippen molar-refractivity contribution in [3.63, 3.8) is 0 Å². The summed E-state index contributed by atoms with van der Waals surface area (Å²) in [5.74, 6) is -1.36. The molecule has 3 heterocycles. The maximum Gasteiger partial charge on any atom is 0.312 e. The summed E-state index contributed by atoms with van der Waals surface area (Å²) in [5.41, 5.74) is 0.946. The van der Waals surface area contributed by atoms with Crippen LogP contribution < -0.4 is 10.6 Å². The summed E-state index contributed by atoms with van der Waals surface area (Å²) in [4.78, 5) is 38.9. The molecule has 1 saturated heterocycles. The summed E-state index contributed by atoms with van der Waals surface area (Å²) < 4.78 is 1.70. The van der Waals surface area contributed by atoms with E-state index in [0.717, 1.165) is 24.8 Å². The number of hydrogen-bond donors (Lipinski definition) is 2. The number of carbonyl (C=O) groups excluding carboxylic acids is 3. The largest absolute Gasteiger partial charge is 0.350 e. The molecule has 2 aromatic heterocycles. The van der Waals surface area contributed by atoms with E-state index in [4.69, 9.17) is 0 Å². The second-order valence-corrected chi connectivity index (χ2v) is 7.39. The van der Waals surface area contributed by atoms with Crippen LogP contribution in [-0.2, 0) is 16.6 Å². The van der Waals surface area contributed by atoms with E-state index in [1.165, 1.54) is 11.3 Å². The van der Waals surface area contributed by atoms with Crippen molar-refractivity contribution in [3.8, 4) is 0 Å². The molecule has 8 nitrogen and oxygen atoms in total. The van der Waals surface area contributed by atoms with Crippen molar-refractivity contribution in [3.05, 3.63) is 40.3 Å². The Hall–Kier alpha value is -2.68. The first-order valence-corrected chi connectivity index (χ1v) is 9.83. The molecule has 1 aliphatic heterocycles. The molecule has 0 bridgehead atoms. The molecule has 9 heteroatoms. The maximum absolute atomic E-state index is 12.6. The minimum Gasteiger partial charge on any atom is -0.350 e. The van der Waals surface area contributed by atoms with Crippen LogP contribution in [0.5, 0.6) is 0 Å². The van der Waals surface area contributed by atoms with Gasteiger partial charge in [0, 0.05) is 38.4 Å². The van der Waals surface area contributed by atoms with E-state index in [2.05, 4.69) is 15.7 Å². The Morgan fingerprint density at radius 1 is 1.26 bits per heavy atom. The van der Waals surface area contributed by atoms with Crippen LogP contribution in [0.15, 0.2) is 29.9 Å². The van der Waals surface area contributed by atoms with Gasteiger partial charge in [0.05, 0.1) is 17.1 Å². The molecule has 1 fully saturated rings. The van der Waals surface area contributed by atoms with Crippen LogP contribution in [-0.4, -0.2) is 52.0 Å². The smallest absolute Gasteiger partial charge is 0.312 e. The number of nitrogens with zero attached hydrogens (tertiary/aromatic N) is 3. The van der Waals surface area contributed by atoms with Crippen LogP contribution in [0.1, 0.15) is 40.5 Å². The van der Waals surface area contributed by atoms with Crippen LogP contribution in [0.4, 0.5) is 0 Å². The van der Waals surface area contributed by atoms with Gasteiger partial charge in [-0.2, -0.15) is 5.10 Å². The fraction of sp³-hybridized carbons (Fsp3) is 0.444. The van der Waals surface area contributed by atoms with E-state index >= 15 is 0 Å². The molecule has 1 unspecified atom stereocenters. The molecule has 0 aromatic carbocycles. The number of aromatic nitrogens is 2. The van der Waals surface area contributed by atoms with Gasteiger partial charge in [-0.3, -0.25) is 19.1 Å². The van der Waals surface area contributed by atoms with Crippen LogP contribution in [0.2, 0.25) is 0 Å². The van der Waals surface area contributed by atoms with Crippen LogP contribution in [0.3, 0.4) is 0 Å². The Morgan fingerprint density at radius 3 is 2.78 bits per heavy atom. The third-order valence-corrected chi connectivity index (χ3v) is 5.38. The van der Waals surface area contributed by atoms with Crippen molar-refractivity contribution in [2.24, 2.45) is 7.05 Å². The summed E-state index contributed by atoms with van der Waals surface area (Å²) in [6.45, 7) is 1.02. The normalized spacial score (nSPS) is 16.8. The van der Waals surface area contributed by atoms with Crippen molar-refractivity contribution >= 4 is 29.1 Å². The number of likely N-dealkylation sites (tertiary alicyclic amines) is 1. The summed E-state index contributed by atoms with van der Waals surface area (Å²) in [6.07, 6.45) is 6.34. The summed E-state index contributed by atoms with van der Waals surface area (Å²) in [6, 6.07) is 3.41. The van der Waals surface area contributed by atoms with Crippen molar-refractivity contribution in [1.82, 2.24) is 25.3 Å².